The monoisotopic (exact) mass is 749 g/mol. The molecule has 0 heterocycles. The van der Waals surface area contributed by atoms with Crippen molar-refractivity contribution >= 4 is 60.2 Å². The highest BCUT2D eigenvalue weighted by atomic mass is 15.1. The number of hydrogen-bond donors (Lipinski definition) is 0. The summed E-state index contributed by atoms with van der Waals surface area (Å²) in [4.78, 5) is 2.40. The van der Waals surface area contributed by atoms with Crippen LogP contribution in [0.1, 0.15) is 0 Å². The van der Waals surface area contributed by atoms with Gasteiger partial charge in [-0.2, -0.15) is 0 Å². The molecule has 0 saturated carbocycles. The fourth-order valence-electron chi connectivity index (χ4n) is 8.98. The van der Waals surface area contributed by atoms with Crippen LogP contribution in [0, 0.1) is 0 Å². The summed E-state index contributed by atoms with van der Waals surface area (Å²) >= 11 is 0. The Kier molecular flexibility index (Phi) is 8.56. The summed E-state index contributed by atoms with van der Waals surface area (Å²) in [5.41, 5.74) is 13.0. The zero-order valence-electron chi connectivity index (χ0n) is 32.5. The van der Waals surface area contributed by atoms with Crippen LogP contribution in [-0.4, -0.2) is 0 Å². The molecule has 0 saturated heterocycles. The number of hydrogen-bond acceptors (Lipinski definition) is 1. The summed E-state index contributed by atoms with van der Waals surface area (Å²) in [5, 5.41) is 10.2. The van der Waals surface area contributed by atoms with E-state index < -0.39 is 0 Å². The minimum absolute atomic E-state index is 1.10. The minimum Gasteiger partial charge on any atom is -0.310 e. The van der Waals surface area contributed by atoms with Crippen LogP contribution in [0.4, 0.5) is 17.1 Å². The molecule has 0 unspecified atom stereocenters. The number of fused-ring (bicyclic) bond motifs is 6. The molecule has 1 nitrogen and oxygen atoms in total. The Morgan fingerprint density at radius 1 is 0.237 bits per heavy atom. The van der Waals surface area contributed by atoms with E-state index in [1.54, 1.807) is 0 Å². The average Bonchev–Trinajstić information content (AvgIpc) is 3.32. The largest absolute Gasteiger partial charge is 0.310 e. The molecule has 0 bridgehead atoms. The number of benzene rings is 11. The van der Waals surface area contributed by atoms with E-state index in [0.29, 0.717) is 0 Å². The SMILES string of the molecule is c1ccc(-c2ccccc2N(c2ccc(-c3ccc4ccc5ccc6ccccc6c5c4c3)cc2)c2ccc(-c3ccc(-c4ccccc4)c4ccccc34)cc2)cc1. The molecule has 276 valence electrons. The lowest BCUT2D eigenvalue weighted by atomic mass is 9.92. The van der Waals surface area contributed by atoms with Crippen LogP contribution in [0.25, 0.3) is 87.6 Å². The smallest absolute Gasteiger partial charge is 0.0540 e. The standard InChI is InChI=1S/C58H39N/c1-3-13-41(14-4-1)50-37-38-51(55-21-10-9-20-54(50)55)44-31-35-49(36-32-44)59(57-22-12-11-18-52(57)42-15-5-2-6-16-42)48-33-29-40(30-34-48)47-28-25-45-24-27-46-26-23-43-17-7-8-19-53(43)58(46)56(45)39-47/h1-39H. The molecule has 11 rings (SSSR count). The summed E-state index contributed by atoms with van der Waals surface area (Å²) in [6.45, 7) is 0. The molecule has 0 aromatic heterocycles. The second kappa shape index (κ2) is 14.6. The van der Waals surface area contributed by atoms with Crippen molar-refractivity contribution in [1.29, 1.82) is 0 Å². The summed E-state index contributed by atoms with van der Waals surface area (Å²) < 4.78 is 0. The Balaban J connectivity index is 1.01. The van der Waals surface area contributed by atoms with E-state index in [4.69, 9.17) is 0 Å². The Morgan fingerprint density at radius 2 is 0.678 bits per heavy atom. The molecule has 0 atom stereocenters. The first-order chi connectivity index (χ1) is 29.3. The van der Waals surface area contributed by atoms with Gasteiger partial charge in [-0.05, 0) is 118 Å². The van der Waals surface area contributed by atoms with E-state index in [-0.39, 0.29) is 0 Å². The van der Waals surface area contributed by atoms with E-state index in [2.05, 4.69) is 241 Å². The highest BCUT2D eigenvalue weighted by Crippen LogP contribution is 2.43. The fourth-order valence-corrected chi connectivity index (χ4v) is 8.98. The van der Waals surface area contributed by atoms with E-state index >= 15 is 0 Å². The Labute approximate surface area is 344 Å². The van der Waals surface area contributed by atoms with Gasteiger partial charge in [-0.1, -0.05) is 200 Å². The van der Waals surface area contributed by atoms with Crippen LogP contribution in [0.2, 0.25) is 0 Å². The lowest BCUT2D eigenvalue weighted by Gasteiger charge is -2.28. The van der Waals surface area contributed by atoms with Crippen LogP contribution in [0.15, 0.2) is 237 Å². The van der Waals surface area contributed by atoms with Crippen molar-refractivity contribution in [2.24, 2.45) is 0 Å². The number of para-hydroxylation sites is 1. The minimum atomic E-state index is 1.10. The molecule has 1 heteroatoms. The number of rotatable bonds is 7. The Bertz CT molecular complexity index is 3290. The predicted molar refractivity (Wildman–Crippen MR) is 253 cm³/mol. The molecule has 0 radical (unpaired) electrons. The Hall–Kier alpha value is -7.74. The van der Waals surface area contributed by atoms with Crippen LogP contribution in [0.5, 0.6) is 0 Å². The van der Waals surface area contributed by atoms with E-state index in [1.807, 2.05) is 0 Å². The molecule has 0 aliphatic carbocycles. The quantitative estimate of drug-likeness (QED) is 0.147. The van der Waals surface area contributed by atoms with Crippen molar-refractivity contribution in [3.8, 4) is 44.5 Å². The van der Waals surface area contributed by atoms with Gasteiger partial charge in [0.25, 0.3) is 0 Å². The summed E-state index contributed by atoms with van der Waals surface area (Å²) in [6.07, 6.45) is 0. The number of nitrogens with zero attached hydrogens (tertiary/aromatic N) is 1. The topological polar surface area (TPSA) is 3.24 Å². The first kappa shape index (κ1) is 34.5. The second-order valence-electron chi connectivity index (χ2n) is 15.3. The molecular formula is C58H39N. The van der Waals surface area contributed by atoms with Gasteiger partial charge in [0.1, 0.15) is 0 Å². The van der Waals surface area contributed by atoms with Gasteiger partial charge in [0.15, 0.2) is 0 Å². The molecular weight excluding hydrogens is 711 g/mol. The van der Waals surface area contributed by atoms with Crippen molar-refractivity contribution in [2.75, 3.05) is 4.90 Å². The first-order valence-corrected chi connectivity index (χ1v) is 20.3. The van der Waals surface area contributed by atoms with Gasteiger partial charge in [-0.3, -0.25) is 0 Å². The maximum absolute atomic E-state index is 2.40. The molecule has 11 aromatic rings. The zero-order valence-corrected chi connectivity index (χ0v) is 32.5. The third-order valence-electron chi connectivity index (χ3n) is 11.9. The third kappa shape index (κ3) is 6.21. The lowest BCUT2D eigenvalue weighted by Crippen LogP contribution is -2.11. The van der Waals surface area contributed by atoms with Crippen LogP contribution >= 0.6 is 0 Å². The fraction of sp³-hybridized carbons (Fsp3) is 0. The maximum Gasteiger partial charge on any atom is 0.0540 e. The maximum atomic E-state index is 2.40. The Morgan fingerprint density at radius 3 is 1.32 bits per heavy atom. The van der Waals surface area contributed by atoms with Crippen LogP contribution in [-0.2, 0) is 0 Å². The van der Waals surface area contributed by atoms with Crippen molar-refractivity contribution in [2.45, 2.75) is 0 Å². The van der Waals surface area contributed by atoms with Crippen molar-refractivity contribution in [1.82, 2.24) is 0 Å². The molecule has 0 fully saturated rings. The van der Waals surface area contributed by atoms with Gasteiger partial charge in [0, 0.05) is 16.9 Å². The van der Waals surface area contributed by atoms with Crippen LogP contribution < -0.4 is 4.90 Å². The second-order valence-corrected chi connectivity index (χ2v) is 15.3. The van der Waals surface area contributed by atoms with Gasteiger partial charge in [-0.15, -0.1) is 0 Å². The van der Waals surface area contributed by atoms with E-state index in [0.717, 1.165) is 17.1 Å². The summed E-state index contributed by atoms with van der Waals surface area (Å²) in [7, 11) is 0. The summed E-state index contributed by atoms with van der Waals surface area (Å²) in [6, 6.07) is 86.1. The predicted octanol–water partition coefficient (Wildman–Crippen LogP) is 16.4. The van der Waals surface area contributed by atoms with E-state index in [9.17, 15) is 0 Å². The molecule has 59 heavy (non-hydrogen) atoms. The van der Waals surface area contributed by atoms with Gasteiger partial charge in [0.2, 0.25) is 0 Å². The van der Waals surface area contributed by atoms with Crippen molar-refractivity contribution in [3.63, 3.8) is 0 Å². The van der Waals surface area contributed by atoms with Gasteiger partial charge >= 0.3 is 0 Å². The van der Waals surface area contributed by atoms with E-state index in [1.165, 1.54) is 87.6 Å². The van der Waals surface area contributed by atoms with Gasteiger partial charge in [-0.25, -0.2) is 0 Å². The first-order valence-electron chi connectivity index (χ1n) is 20.3. The van der Waals surface area contributed by atoms with Crippen molar-refractivity contribution < 1.29 is 0 Å². The van der Waals surface area contributed by atoms with Gasteiger partial charge in [0.05, 0.1) is 5.69 Å². The zero-order chi connectivity index (χ0) is 39.1. The third-order valence-corrected chi connectivity index (χ3v) is 11.9. The molecule has 0 aliphatic rings. The van der Waals surface area contributed by atoms with Crippen molar-refractivity contribution in [3.05, 3.63) is 237 Å². The normalized spacial score (nSPS) is 11.4. The molecule has 0 aliphatic heterocycles. The van der Waals surface area contributed by atoms with Gasteiger partial charge < -0.3 is 4.90 Å². The average molecular weight is 750 g/mol. The lowest BCUT2D eigenvalue weighted by molar-refractivity contribution is 1.28. The number of anilines is 3. The van der Waals surface area contributed by atoms with Crippen LogP contribution in [0.3, 0.4) is 0 Å². The molecule has 11 aromatic carbocycles. The highest BCUT2D eigenvalue weighted by molar-refractivity contribution is 6.20. The molecule has 0 spiro atoms. The molecule has 0 N–H and O–H groups in total. The highest BCUT2D eigenvalue weighted by Gasteiger charge is 2.18. The summed E-state index contributed by atoms with van der Waals surface area (Å²) in [5.74, 6) is 0. The molecule has 0 amide bonds.